The number of rotatable bonds is 9. The van der Waals surface area contributed by atoms with Crippen LogP contribution in [0.25, 0.3) is 0 Å². The van der Waals surface area contributed by atoms with Crippen molar-refractivity contribution in [1.29, 1.82) is 5.41 Å². The molecule has 2 rings (SSSR count). The van der Waals surface area contributed by atoms with E-state index in [2.05, 4.69) is 41.2 Å². The average molecular weight is 373 g/mol. The number of unbranched alkanes of at least 4 members (excludes halogenated alkanes) is 2. The molecule has 0 aliphatic heterocycles. The quantitative estimate of drug-likeness (QED) is 0.378. The summed E-state index contributed by atoms with van der Waals surface area (Å²) in [6.07, 6.45) is 4.66. The molecule has 3 N–H and O–H groups in total. The highest BCUT2D eigenvalue weighted by Gasteiger charge is 2.17. The van der Waals surface area contributed by atoms with Gasteiger partial charge in [-0.2, -0.15) is 0 Å². The summed E-state index contributed by atoms with van der Waals surface area (Å²) in [6.45, 7) is 3.76. The molecule has 0 spiro atoms. The molecule has 1 aromatic carbocycles. The standard InChI is InChI=1S/C20H25ClN4O/c1-13-8-10-15(11-9-13)6-4-3-5-7-16(22)12-17(26)18-20(23)24-14(2)19(21)25-18/h8-11,22H,3-7,12H2,1-2H3,(H2,23,24). The first-order valence-corrected chi connectivity index (χ1v) is 9.19. The van der Waals surface area contributed by atoms with Crippen LogP contribution in [-0.4, -0.2) is 21.5 Å². The number of nitrogen functional groups attached to an aromatic ring is 1. The van der Waals surface area contributed by atoms with Crippen molar-refractivity contribution in [1.82, 2.24) is 9.97 Å². The van der Waals surface area contributed by atoms with Gasteiger partial charge in [-0.3, -0.25) is 4.79 Å². The Balaban J connectivity index is 1.72. The van der Waals surface area contributed by atoms with Crippen molar-refractivity contribution in [2.45, 2.75) is 52.4 Å². The van der Waals surface area contributed by atoms with Crippen LogP contribution in [0.1, 0.15) is 59.4 Å². The molecule has 0 aliphatic carbocycles. The summed E-state index contributed by atoms with van der Waals surface area (Å²) in [4.78, 5) is 20.3. The fourth-order valence-electron chi connectivity index (χ4n) is 2.69. The molecule has 0 fully saturated rings. The van der Waals surface area contributed by atoms with Gasteiger partial charge >= 0.3 is 0 Å². The van der Waals surface area contributed by atoms with Crippen LogP contribution in [0.3, 0.4) is 0 Å². The minimum absolute atomic E-state index is 0.0102. The highest BCUT2D eigenvalue weighted by atomic mass is 35.5. The molecule has 1 heterocycles. The molecule has 0 radical (unpaired) electrons. The number of benzene rings is 1. The van der Waals surface area contributed by atoms with Crippen LogP contribution in [0.2, 0.25) is 5.15 Å². The van der Waals surface area contributed by atoms with E-state index >= 15 is 0 Å². The molecular formula is C20H25ClN4O. The number of Topliss-reactive ketones (excluding diaryl/α,β-unsaturated/α-hetero) is 1. The van der Waals surface area contributed by atoms with E-state index in [1.165, 1.54) is 11.1 Å². The number of nitrogens with zero attached hydrogens (tertiary/aromatic N) is 2. The van der Waals surface area contributed by atoms with Crippen LogP contribution >= 0.6 is 11.6 Å². The first kappa shape index (κ1) is 20.0. The average Bonchev–Trinajstić information content (AvgIpc) is 2.59. The fraction of sp³-hybridized carbons (Fsp3) is 0.400. The largest absolute Gasteiger partial charge is 0.382 e. The number of hydrogen-bond acceptors (Lipinski definition) is 5. The van der Waals surface area contributed by atoms with Gasteiger partial charge < -0.3 is 11.1 Å². The van der Waals surface area contributed by atoms with Crippen LogP contribution in [0.15, 0.2) is 24.3 Å². The number of hydrogen-bond donors (Lipinski definition) is 2. The lowest BCUT2D eigenvalue weighted by atomic mass is 10.0. The van der Waals surface area contributed by atoms with Crippen molar-refractivity contribution >= 4 is 28.9 Å². The molecule has 0 saturated carbocycles. The van der Waals surface area contributed by atoms with Gasteiger partial charge in [0.25, 0.3) is 0 Å². The maximum Gasteiger partial charge on any atom is 0.190 e. The van der Waals surface area contributed by atoms with Crippen molar-refractivity contribution in [3.05, 3.63) is 51.9 Å². The lowest BCUT2D eigenvalue weighted by molar-refractivity contribution is 0.0996. The van der Waals surface area contributed by atoms with Crippen molar-refractivity contribution in [2.75, 3.05) is 5.73 Å². The number of halogens is 1. The fourth-order valence-corrected chi connectivity index (χ4v) is 2.81. The maximum absolute atomic E-state index is 12.3. The van der Waals surface area contributed by atoms with Gasteiger partial charge in [0.05, 0.1) is 12.1 Å². The molecule has 0 atom stereocenters. The van der Waals surface area contributed by atoms with E-state index in [4.69, 9.17) is 22.7 Å². The van der Waals surface area contributed by atoms with Gasteiger partial charge in [-0.25, -0.2) is 9.97 Å². The number of carbonyl (C=O) groups excluding carboxylic acids is 1. The van der Waals surface area contributed by atoms with Gasteiger partial charge in [-0.1, -0.05) is 47.9 Å². The third-order valence-corrected chi connectivity index (χ3v) is 4.60. The van der Waals surface area contributed by atoms with Crippen molar-refractivity contribution < 1.29 is 4.79 Å². The molecule has 2 aromatic rings. The monoisotopic (exact) mass is 372 g/mol. The van der Waals surface area contributed by atoms with E-state index in [0.29, 0.717) is 17.8 Å². The second kappa shape index (κ2) is 9.43. The minimum Gasteiger partial charge on any atom is -0.382 e. The van der Waals surface area contributed by atoms with Crippen LogP contribution in [-0.2, 0) is 6.42 Å². The predicted octanol–water partition coefficient (Wildman–Crippen LogP) is 4.72. The molecule has 0 aliphatic rings. The first-order valence-electron chi connectivity index (χ1n) is 8.81. The predicted molar refractivity (Wildman–Crippen MR) is 106 cm³/mol. The SMILES string of the molecule is Cc1ccc(CCCCCC(=N)CC(=O)c2nc(Cl)c(C)nc2N)cc1. The summed E-state index contributed by atoms with van der Waals surface area (Å²) < 4.78 is 0. The third kappa shape index (κ3) is 5.92. The summed E-state index contributed by atoms with van der Waals surface area (Å²) >= 11 is 5.91. The van der Waals surface area contributed by atoms with Crippen LogP contribution < -0.4 is 5.73 Å². The summed E-state index contributed by atoms with van der Waals surface area (Å²) in [5, 5.41) is 8.19. The number of ketones is 1. The van der Waals surface area contributed by atoms with E-state index in [1.807, 2.05) is 0 Å². The van der Waals surface area contributed by atoms with Gasteiger partial charge in [0.2, 0.25) is 0 Å². The molecule has 6 heteroatoms. The first-order chi connectivity index (χ1) is 12.4. The summed E-state index contributed by atoms with van der Waals surface area (Å²) in [7, 11) is 0. The summed E-state index contributed by atoms with van der Waals surface area (Å²) in [5.74, 6) is -0.232. The van der Waals surface area contributed by atoms with Crippen molar-refractivity contribution in [3.63, 3.8) is 0 Å². The topological polar surface area (TPSA) is 92.7 Å². The van der Waals surface area contributed by atoms with E-state index in [-0.39, 0.29) is 28.9 Å². The maximum atomic E-state index is 12.3. The van der Waals surface area contributed by atoms with E-state index in [1.54, 1.807) is 6.92 Å². The highest BCUT2D eigenvalue weighted by Crippen LogP contribution is 2.17. The Kier molecular flexibility index (Phi) is 7.27. The Hall–Kier alpha value is -2.27. The highest BCUT2D eigenvalue weighted by molar-refractivity contribution is 6.30. The number of carbonyl (C=O) groups is 1. The Labute approximate surface area is 159 Å². The number of nitrogens with two attached hydrogens (primary N) is 1. The zero-order valence-corrected chi connectivity index (χ0v) is 16.1. The Morgan fingerprint density at radius 2 is 1.81 bits per heavy atom. The number of aryl methyl sites for hydroxylation is 3. The zero-order valence-electron chi connectivity index (χ0n) is 15.3. The molecule has 0 saturated heterocycles. The summed E-state index contributed by atoms with van der Waals surface area (Å²) in [6, 6.07) is 8.58. The van der Waals surface area contributed by atoms with Crippen LogP contribution in [0, 0.1) is 19.3 Å². The van der Waals surface area contributed by atoms with Crippen molar-refractivity contribution in [2.24, 2.45) is 0 Å². The molecule has 0 unspecified atom stereocenters. The molecular weight excluding hydrogens is 348 g/mol. The van der Waals surface area contributed by atoms with Gasteiger partial charge in [-0.05, 0) is 45.1 Å². The van der Waals surface area contributed by atoms with Gasteiger partial charge in [0, 0.05) is 5.71 Å². The number of aromatic nitrogens is 2. The second-order valence-corrected chi connectivity index (χ2v) is 6.94. The normalized spacial score (nSPS) is 10.7. The molecule has 26 heavy (non-hydrogen) atoms. The molecule has 5 nitrogen and oxygen atoms in total. The van der Waals surface area contributed by atoms with Crippen LogP contribution in [0.4, 0.5) is 5.82 Å². The number of anilines is 1. The lowest BCUT2D eigenvalue weighted by Crippen LogP contribution is -2.13. The Bertz CT molecular complexity index is 787. The van der Waals surface area contributed by atoms with Gasteiger partial charge in [-0.15, -0.1) is 0 Å². The summed E-state index contributed by atoms with van der Waals surface area (Å²) in [5.41, 5.74) is 9.30. The minimum atomic E-state index is -0.304. The van der Waals surface area contributed by atoms with E-state index < -0.39 is 0 Å². The van der Waals surface area contributed by atoms with E-state index in [9.17, 15) is 4.79 Å². The van der Waals surface area contributed by atoms with Gasteiger partial charge in [0.1, 0.15) is 0 Å². The molecule has 138 valence electrons. The number of nitrogens with one attached hydrogen (secondary N) is 1. The van der Waals surface area contributed by atoms with Gasteiger partial charge in [0.15, 0.2) is 22.4 Å². The zero-order chi connectivity index (χ0) is 19.1. The third-order valence-electron chi connectivity index (χ3n) is 4.24. The Morgan fingerprint density at radius 1 is 1.12 bits per heavy atom. The Morgan fingerprint density at radius 3 is 2.50 bits per heavy atom. The van der Waals surface area contributed by atoms with Crippen LogP contribution in [0.5, 0.6) is 0 Å². The second-order valence-electron chi connectivity index (χ2n) is 6.58. The van der Waals surface area contributed by atoms with E-state index in [0.717, 1.165) is 25.7 Å². The molecule has 0 amide bonds. The lowest BCUT2D eigenvalue weighted by Gasteiger charge is -2.07. The van der Waals surface area contributed by atoms with Crippen molar-refractivity contribution in [3.8, 4) is 0 Å². The molecule has 1 aromatic heterocycles. The molecule has 0 bridgehead atoms. The smallest absolute Gasteiger partial charge is 0.190 e.